The molecule has 0 fully saturated rings. The first kappa shape index (κ1) is 14.7. The number of aromatic nitrogens is 3. The summed E-state index contributed by atoms with van der Waals surface area (Å²) in [6.07, 6.45) is 4.74. The van der Waals surface area contributed by atoms with E-state index < -0.39 is 0 Å². The van der Waals surface area contributed by atoms with E-state index in [-0.39, 0.29) is 5.91 Å². The second-order valence-electron chi connectivity index (χ2n) is 4.89. The van der Waals surface area contributed by atoms with Crippen LogP contribution in [0.3, 0.4) is 0 Å². The molecule has 1 amide bonds. The zero-order valence-electron chi connectivity index (χ0n) is 12.5. The van der Waals surface area contributed by atoms with E-state index in [0.29, 0.717) is 23.0 Å². The molecule has 0 radical (unpaired) electrons. The van der Waals surface area contributed by atoms with Gasteiger partial charge in [0, 0.05) is 40.6 Å². The Balaban J connectivity index is 2.29. The van der Waals surface area contributed by atoms with Crippen molar-refractivity contribution in [1.82, 2.24) is 15.0 Å². The van der Waals surface area contributed by atoms with Crippen LogP contribution >= 0.6 is 0 Å². The molecule has 110 valence electrons. The summed E-state index contributed by atoms with van der Waals surface area (Å²) >= 11 is 0. The molecule has 0 saturated carbocycles. The molecule has 7 heteroatoms. The van der Waals surface area contributed by atoms with Gasteiger partial charge in [-0.1, -0.05) is 0 Å². The Morgan fingerprint density at radius 1 is 1.14 bits per heavy atom. The minimum atomic E-state index is -0.243. The highest BCUT2D eigenvalue weighted by molar-refractivity contribution is 6.05. The van der Waals surface area contributed by atoms with Gasteiger partial charge in [-0.2, -0.15) is 4.98 Å². The third kappa shape index (κ3) is 3.44. The highest BCUT2D eigenvalue weighted by Gasteiger charge is 2.14. The number of rotatable bonds is 4. The molecule has 21 heavy (non-hydrogen) atoms. The maximum absolute atomic E-state index is 12.2. The van der Waals surface area contributed by atoms with Crippen molar-refractivity contribution < 1.29 is 4.79 Å². The van der Waals surface area contributed by atoms with Crippen LogP contribution in [0.2, 0.25) is 0 Å². The van der Waals surface area contributed by atoms with Gasteiger partial charge >= 0.3 is 0 Å². The van der Waals surface area contributed by atoms with E-state index >= 15 is 0 Å². The normalized spacial score (nSPS) is 10.1. The van der Waals surface area contributed by atoms with Crippen LogP contribution in [0.15, 0.2) is 30.7 Å². The molecule has 2 aromatic heterocycles. The second kappa shape index (κ2) is 6.17. The van der Waals surface area contributed by atoms with Crippen LogP contribution in [0, 0.1) is 0 Å². The zero-order chi connectivity index (χ0) is 15.4. The Hall–Kier alpha value is -2.70. The molecule has 2 heterocycles. The molecule has 1 N–H and O–H groups in total. The van der Waals surface area contributed by atoms with Gasteiger partial charge in [0.25, 0.3) is 5.91 Å². The number of hydrogen-bond acceptors (Lipinski definition) is 6. The minimum Gasteiger partial charge on any atom is -0.361 e. The molecule has 0 bridgehead atoms. The van der Waals surface area contributed by atoms with Crippen molar-refractivity contribution in [2.45, 2.75) is 0 Å². The Labute approximate surface area is 123 Å². The van der Waals surface area contributed by atoms with Crippen molar-refractivity contribution in [3.63, 3.8) is 0 Å². The van der Waals surface area contributed by atoms with Crippen molar-refractivity contribution in [2.24, 2.45) is 0 Å². The lowest BCUT2D eigenvalue weighted by Crippen LogP contribution is -2.21. The molecule has 7 nitrogen and oxygen atoms in total. The third-order valence-electron chi connectivity index (χ3n) is 2.75. The summed E-state index contributed by atoms with van der Waals surface area (Å²) in [7, 11) is 7.45. The van der Waals surface area contributed by atoms with Crippen LogP contribution in [0.5, 0.6) is 0 Å². The standard InChI is InChI=1S/C14H18N6O/c1-19(2)12-11(9-16-14(18-12)20(3)4)17-13(21)10-6-5-7-15-8-10/h5-9H,1-4H3,(H,17,21). The largest absolute Gasteiger partial charge is 0.361 e. The highest BCUT2D eigenvalue weighted by Crippen LogP contribution is 2.23. The predicted molar refractivity (Wildman–Crippen MR) is 82.9 cm³/mol. The molecule has 0 aliphatic heterocycles. The van der Waals surface area contributed by atoms with Crippen LogP contribution < -0.4 is 15.1 Å². The number of carbonyl (C=O) groups is 1. The minimum absolute atomic E-state index is 0.243. The van der Waals surface area contributed by atoms with Crippen molar-refractivity contribution in [3.8, 4) is 0 Å². The molecule has 0 aromatic carbocycles. The second-order valence-corrected chi connectivity index (χ2v) is 4.89. The quantitative estimate of drug-likeness (QED) is 0.912. The average molecular weight is 286 g/mol. The van der Waals surface area contributed by atoms with Crippen LogP contribution in [-0.4, -0.2) is 49.0 Å². The molecule has 0 aliphatic rings. The Morgan fingerprint density at radius 3 is 2.48 bits per heavy atom. The fourth-order valence-corrected chi connectivity index (χ4v) is 1.70. The number of pyridine rings is 1. The summed E-state index contributed by atoms with van der Waals surface area (Å²) in [5.41, 5.74) is 1.04. The monoisotopic (exact) mass is 286 g/mol. The number of amides is 1. The SMILES string of the molecule is CN(C)c1ncc(NC(=O)c2cccnc2)c(N(C)C)n1. The van der Waals surface area contributed by atoms with Gasteiger partial charge in [0.2, 0.25) is 5.95 Å². The molecular formula is C14H18N6O. The third-order valence-corrected chi connectivity index (χ3v) is 2.75. The first-order valence-electron chi connectivity index (χ1n) is 6.42. The lowest BCUT2D eigenvalue weighted by atomic mass is 10.2. The van der Waals surface area contributed by atoms with Gasteiger partial charge in [0.15, 0.2) is 5.82 Å². The van der Waals surface area contributed by atoms with E-state index in [9.17, 15) is 4.79 Å². The first-order valence-corrected chi connectivity index (χ1v) is 6.42. The van der Waals surface area contributed by atoms with Gasteiger partial charge in [-0.05, 0) is 12.1 Å². The summed E-state index contributed by atoms with van der Waals surface area (Å²) in [4.78, 5) is 28.4. The number of hydrogen-bond donors (Lipinski definition) is 1. The van der Waals surface area contributed by atoms with E-state index in [0.717, 1.165) is 0 Å². The van der Waals surface area contributed by atoms with Crippen molar-refractivity contribution >= 4 is 23.4 Å². The van der Waals surface area contributed by atoms with Crippen LogP contribution in [0.4, 0.5) is 17.5 Å². The van der Waals surface area contributed by atoms with E-state index in [1.54, 1.807) is 29.4 Å². The molecule has 0 saturated heterocycles. The maximum Gasteiger partial charge on any atom is 0.257 e. The van der Waals surface area contributed by atoms with Crippen LogP contribution in [0.25, 0.3) is 0 Å². The molecule has 2 aromatic rings. The molecule has 0 spiro atoms. The molecule has 0 aliphatic carbocycles. The van der Waals surface area contributed by atoms with Crippen molar-refractivity contribution in [1.29, 1.82) is 0 Å². The maximum atomic E-state index is 12.2. The number of carbonyl (C=O) groups excluding carboxylic acids is 1. The number of anilines is 3. The van der Waals surface area contributed by atoms with Crippen LogP contribution in [-0.2, 0) is 0 Å². The summed E-state index contributed by atoms with van der Waals surface area (Å²) in [6, 6.07) is 3.42. The lowest BCUT2D eigenvalue weighted by molar-refractivity contribution is 0.102. The Morgan fingerprint density at radius 2 is 1.90 bits per heavy atom. The van der Waals surface area contributed by atoms with Gasteiger partial charge in [-0.3, -0.25) is 9.78 Å². The summed E-state index contributed by atoms with van der Waals surface area (Å²) < 4.78 is 0. The van der Waals surface area contributed by atoms with Crippen molar-refractivity contribution in [3.05, 3.63) is 36.3 Å². The van der Waals surface area contributed by atoms with E-state index in [1.807, 2.05) is 33.1 Å². The fourth-order valence-electron chi connectivity index (χ4n) is 1.70. The van der Waals surface area contributed by atoms with Gasteiger partial charge in [-0.15, -0.1) is 0 Å². The van der Waals surface area contributed by atoms with E-state index in [1.165, 1.54) is 6.20 Å². The smallest absolute Gasteiger partial charge is 0.257 e. The zero-order valence-corrected chi connectivity index (χ0v) is 12.5. The first-order chi connectivity index (χ1) is 9.99. The molecule has 2 rings (SSSR count). The highest BCUT2D eigenvalue weighted by atomic mass is 16.1. The topological polar surface area (TPSA) is 74.2 Å². The Bertz CT molecular complexity index is 627. The van der Waals surface area contributed by atoms with E-state index in [2.05, 4.69) is 20.3 Å². The summed E-state index contributed by atoms with van der Waals surface area (Å²) in [6.45, 7) is 0. The van der Waals surface area contributed by atoms with Gasteiger partial charge < -0.3 is 15.1 Å². The molecule has 0 atom stereocenters. The molecular weight excluding hydrogens is 268 g/mol. The van der Waals surface area contributed by atoms with Gasteiger partial charge in [0.1, 0.15) is 5.69 Å². The lowest BCUT2D eigenvalue weighted by Gasteiger charge is -2.19. The van der Waals surface area contributed by atoms with Crippen LogP contribution in [0.1, 0.15) is 10.4 Å². The van der Waals surface area contributed by atoms with E-state index in [4.69, 9.17) is 0 Å². The van der Waals surface area contributed by atoms with Crippen molar-refractivity contribution in [2.75, 3.05) is 43.3 Å². The Kier molecular flexibility index (Phi) is 4.32. The predicted octanol–water partition coefficient (Wildman–Crippen LogP) is 1.26. The molecule has 0 unspecified atom stereocenters. The average Bonchev–Trinajstić information content (AvgIpc) is 2.48. The number of nitrogens with zero attached hydrogens (tertiary/aromatic N) is 5. The summed E-state index contributed by atoms with van der Waals surface area (Å²) in [5.74, 6) is 0.983. The number of nitrogens with one attached hydrogen (secondary N) is 1. The van der Waals surface area contributed by atoms with Gasteiger partial charge in [-0.25, -0.2) is 4.98 Å². The summed E-state index contributed by atoms with van der Waals surface area (Å²) in [5, 5.41) is 2.81. The fraction of sp³-hybridized carbons (Fsp3) is 0.286. The van der Waals surface area contributed by atoms with Gasteiger partial charge in [0.05, 0.1) is 11.8 Å².